The lowest BCUT2D eigenvalue weighted by Crippen LogP contribution is -2.30. The van der Waals surface area contributed by atoms with Crippen molar-refractivity contribution in [2.75, 3.05) is 0 Å². The van der Waals surface area contributed by atoms with Crippen LogP contribution in [0.1, 0.15) is 20.8 Å². The largest absolute Gasteiger partial charge is 0.366 e. The SMILES string of the molecule is CC(C)(C)OC(O)Cn1cc(I)c2c(Cl)nccc21. The van der Waals surface area contributed by atoms with Gasteiger partial charge in [0, 0.05) is 16.0 Å². The first kappa shape index (κ1) is 15.0. The van der Waals surface area contributed by atoms with Crippen molar-refractivity contribution in [3.8, 4) is 0 Å². The van der Waals surface area contributed by atoms with Gasteiger partial charge in [0.05, 0.1) is 23.0 Å². The van der Waals surface area contributed by atoms with E-state index in [4.69, 9.17) is 16.3 Å². The van der Waals surface area contributed by atoms with E-state index in [1.165, 1.54) is 0 Å². The van der Waals surface area contributed by atoms with Gasteiger partial charge in [-0.1, -0.05) is 11.6 Å². The van der Waals surface area contributed by atoms with Gasteiger partial charge in [0.1, 0.15) is 5.15 Å². The molecule has 2 heterocycles. The number of hydrogen-bond acceptors (Lipinski definition) is 3. The van der Waals surface area contributed by atoms with E-state index in [9.17, 15) is 5.11 Å². The second-order valence-corrected chi connectivity index (χ2v) is 6.83. The minimum absolute atomic E-state index is 0.358. The summed E-state index contributed by atoms with van der Waals surface area (Å²) in [5, 5.41) is 11.4. The van der Waals surface area contributed by atoms with Gasteiger partial charge < -0.3 is 14.4 Å². The monoisotopic (exact) mass is 394 g/mol. The number of rotatable bonds is 3. The van der Waals surface area contributed by atoms with Crippen LogP contribution in [0, 0.1) is 3.57 Å². The number of nitrogens with zero attached hydrogens (tertiary/aromatic N) is 2. The third kappa shape index (κ3) is 3.59. The van der Waals surface area contributed by atoms with Gasteiger partial charge in [-0.2, -0.15) is 0 Å². The van der Waals surface area contributed by atoms with E-state index in [0.29, 0.717) is 11.7 Å². The number of halogens is 2. The Bertz CT molecular complexity index is 592. The fraction of sp³-hybridized carbons (Fsp3) is 0.462. The first-order valence-corrected chi connectivity index (χ1v) is 7.38. The Morgan fingerprint density at radius 1 is 1.53 bits per heavy atom. The minimum atomic E-state index is -0.863. The lowest BCUT2D eigenvalue weighted by molar-refractivity contribution is -0.171. The van der Waals surface area contributed by atoms with Gasteiger partial charge in [-0.15, -0.1) is 0 Å². The summed E-state index contributed by atoms with van der Waals surface area (Å²) in [4.78, 5) is 4.07. The van der Waals surface area contributed by atoms with Crippen LogP contribution >= 0.6 is 34.2 Å². The number of aliphatic hydroxyl groups excluding tert-OH is 1. The molecule has 1 unspecified atom stereocenters. The fourth-order valence-electron chi connectivity index (χ4n) is 1.92. The first-order valence-electron chi connectivity index (χ1n) is 5.92. The molecule has 104 valence electrons. The maximum atomic E-state index is 9.98. The van der Waals surface area contributed by atoms with Crippen molar-refractivity contribution >= 4 is 45.1 Å². The molecule has 6 heteroatoms. The van der Waals surface area contributed by atoms with Crippen LogP contribution in [0.25, 0.3) is 10.9 Å². The van der Waals surface area contributed by atoms with Crippen molar-refractivity contribution in [1.82, 2.24) is 9.55 Å². The van der Waals surface area contributed by atoms with Gasteiger partial charge in [-0.25, -0.2) is 4.98 Å². The molecule has 0 aliphatic rings. The van der Waals surface area contributed by atoms with Crippen LogP contribution in [0.4, 0.5) is 0 Å². The molecule has 1 atom stereocenters. The van der Waals surface area contributed by atoms with Gasteiger partial charge in [0.25, 0.3) is 0 Å². The summed E-state index contributed by atoms with van der Waals surface area (Å²) in [7, 11) is 0. The topological polar surface area (TPSA) is 47.3 Å². The number of pyridine rings is 1. The second-order valence-electron chi connectivity index (χ2n) is 5.31. The highest BCUT2D eigenvalue weighted by Crippen LogP contribution is 2.28. The number of aromatic nitrogens is 2. The smallest absolute Gasteiger partial charge is 0.173 e. The molecule has 0 aromatic carbocycles. The van der Waals surface area contributed by atoms with Crippen LogP contribution in [-0.2, 0) is 11.3 Å². The molecule has 0 saturated heterocycles. The van der Waals surface area contributed by atoms with Crippen LogP contribution in [0.15, 0.2) is 18.5 Å². The second kappa shape index (κ2) is 5.55. The highest BCUT2D eigenvalue weighted by atomic mass is 127. The van der Waals surface area contributed by atoms with Crippen LogP contribution in [0.5, 0.6) is 0 Å². The quantitative estimate of drug-likeness (QED) is 0.493. The summed E-state index contributed by atoms with van der Waals surface area (Å²) in [6.45, 7) is 6.09. The maximum absolute atomic E-state index is 9.98. The van der Waals surface area contributed by atoms with E-state index < -0.39 is 6.29 Å². The molecule has 1 N–H and O–H groups in total. The summed E-state index contributed by atoms with van der Waals surface area (Å²) in [5.41, 5.74) is 0.565. The van der Waals surface area contributed by atoms with Gasteiger partial charge in [-0.05, 0) is 49.4 Å². The molecular weight excluding hydrogens is 379 g/mol. The normalized spacial score (nSPS) is 14.0. The Kier molecular flexibility index (Phi) is 4.39. The van der Waals surface area contributed by atoms with Crippen molar-refractivity contribution in [2.45, 2.75) is 39.2 Å². The number of fused-ring (bicyclic) bond motifs is 1. The van der Waals surface area contributed by atoms with E-state index in [2.05, 4.69) is 27.6 Å². The van der Waals surface area contributed by atoms with E-state index in [0.717, 1.165) is 14.5 Å². The van der Waals surface area contributed by atoms with Crippen molar-refractivity contribution in [3.63, 3.8) is 0 Å². The minimum Gasteiger partial charge on any atom is -0.366 e. The molecule has 19 heavy (non-hydrogen) atoms. The zero-order valence-corrected chi connectivity index (χ0v) is 13.9. The average molecular weight is 395 g/mol. The third-order valence-corrected chi connectivity index (χ3v) is 3.65. The molecule has 2 aromatic heterocycles. The standard InChI is InChI=1S/C13H16ClIN2O2/c1-13(2,3)19-10(18)7-17-6-8(15)11-9(17)4-5-16-12(11)14/h4-6,10,18H,7H2,1-3H3. The molecule has 2 rings (SSSR count). The summed E-state index contributed by atoms with van der Waals surface area (Å²) >= 11 is 8.31. The predicted molar refractivity (Wildman–Crippen MR) is 84.3 cm³/mol. The van der Waals surface area contributed by atoms with Crippen molar-refractivity contribution in [2.24, 2.45) is 0 Å². The predicted octanol–water partition coefficient (Wildman–Crippen LogP) is 3.43. The molecule has 0 aliphatic heterocycles. The van der Waals surface area contributed by atoms with Crippen LogP contribution in [0.2, 0.25) is 5.15 Å². The zero-order chi connectivity index (χ0) is 14.2. The Morgan fingerprint density at radius 3 is 2.84 bits per heavy atom. The number of ether oxygens (including phenoxy) is 1. The van der Waals surface area contributed by atoms with Gasteiger partial charge in [0.2, 0.25) is 0 Å². The van der Waals surface area contributed by atoms with Crippen LogP contribution in [-0.4, -0.2) is 26.5 Å². The zero-order valence-electron chi connectivity index (χ0n) is 11.0. The Labute approximate surface area is 130 Å². The number of aliphatic hydroxyl groups is 1. The van der Waals surface area contributed by atoms with Crippen molar-refractivity contribution in [3.05, 3.63) is 27.2 Å². The Morgan fingerprint density at radius 2 is 2.21 bits per heavy atom. The van der Waals surface area contributed by atoms with Gasteiger partial charge in [-0.3, -0.25) is 0 Å². The Hall–Kier alpha value is -0.370. The first-order chi connectivity index (χ1) is 8.78. The molecule has 0 radical (unpaired) electrons. The number of hydrogen-bond donors (Lipinski definition) is 1. The summed E-state index contributed by atoms with van der Waals surface area (Å²) in [6, 6.07) is 1.88. The molecule has 0 bridgehead atoms. The molecule has 0 fully saturated rings. The Balaban J connectivity index is 2.29. The fourth-order valence-corrected chi connectivity index (χ4v) is 3.21. The van der Waals surface area contributed by atoms with E-state index in [-0.39, 0.29) is 5.60 Å². The van der Waals surface area contributed by atoms with E-state index in [1.54, 1.807) is 6.20 Å². The third-order valence-electron chi connectivity index (χ3n) is 2.54. The molecule has 2 aromatic rings. The molecule has 4 nitrogen and oxygen atoms in total. The summed E-state index contributed by atoms with van der Waals surface area (Å²) in [6.07, 6.45) is 2.74. The maximum Gasteiger partial charge on any atom is 0.173 e. The van der Waals surface area contributed by atoms with Crippen LogP contribution < -0.4 is 0 Å². The summed E-state index contributed by atoms with van der Waals surface area (Å²) in [5.74, 6) is 0. The summed E-state index contributed by atoms with van der Waals surface area (Å²) < 4.78 is 8.45. The lowest BCUT2D eigenvalue weighted by atomic mass is 10.2. The van der Waals surface area contributed by atoms with E-state index >= 15 is 0 Å². The van der Waals surface area contributed by atoms with Crippen molar-refractivity contribution in [1.29, 1.82) is 0 Å². The van der Waals surface area contributed by atoms with E-state index in [1.807, 2.05) is 37.6 Å². The van der Waals surface area contributed by atoms with Crippen molar-refractivity contribution < 1.29 is 9.84 Å². The van der Waals surface area contributed by atoms with Gasteiger partial charge in [0.15, 0.2) is 6.29 Å². The average Bonchev–Trinajstić information content (AvgIpc) is 2.54. The highest BCUT2D eigenvalue weighted by molar-refractivity contribution is 14.1. The molecule has 0 spiro atoms. The van der Waals surface area contributed by atoms with Gasteiger partial charge >= 0.3 is 0 Å². The van der Waals surface area contributed by atoms with Crippen LogP contribution in [0.3, 0.4) is 0 Å². The highest BCUT2D eigenvalue weighted by Gasteiger charge is 2.18. The molecule has 0 amide bonds. The molecule has 0 saturated carbocycles. The molecule has 0 aliphatic carbocycles. The molecular formula is C13H16ClIN2O2. The lowest BCUT2D eigenvalue weighted by Gasteiger charge is -2.24.